The van der Waals surface area contributed by atoms with Gasteiger partial charge in [0.15, 0.2) is 0 Å². The van der Waals surface area contributed by atoms with Gasteiger partial charge in [0.25, 0.3) is 0 Å². The fourth-order valence-corrected chi connectivity index (χ4v) is 2.57. The summed E-state index contributed by atoms with van der Waals surface area (Å²) in [6, 6.07) is 0.906. The van der Waals surface area contributed by atoms with E-state index in [0.717, 1.165) is 12.8 Å². The first-order valence-electron chi connectivity index (χ1n) is 6.55. The highest BCUT2D eigenvalue weighted by molar-refractivity contribution is 5.81. The molecule has 0 aromatic rings. The second-order valence-corrected chi connectivity index (χ2v) is 6.10. The maximum Gasteiger partial charge on any atom is 0.237 e. The summed E-state index contributed by atoms with van der Waals surface area (Å²) in [5, 5.41) is 6.54. The Balaban J connectivity index is 1.81. The Morgan fingerprint density at radius 2 is 2.00 bits per heavy atom. The van der Waals surface area contributed by atoms with Gasteiger partial charge in [-0.05, 0) is 38.0 Å². The average Bonchev–Trinajstić information content (AvgIpc) is 2.93. The van der Waals surface area contributed by atoms with Crippen LogP contribution in [0, 0.1) is 5.41 Å². The van der Waals surface area contributed by atoms with Gasteiger partial charge < -0.3 is 10.6 Å². The van der Waals surface area contributed by atoms with E-state index in [0.29, 0.717) is 17.5 Å². The molecule has 2 fully saturated rings. The molecule has 2 atom stereocenters. The fraction of sp³-hybridized carbons (Fsp3) is 0.923. The summed E-state index contributed by atoms with van der Waals surface area (Å²) in [6.07, 6.45) is 6.07. The van der Waals surface area contributed by atoms with Crippen molar-refractivity contribution in [1.29, 1.82) is 0 Å². The number of carbonyl (C=O) groups is 1. The van der Waals surface area contributed by atoms with Crippen LogP contribution in [0.25, 0.3) is 0 Å². The van der Waals surface area contributed by atoms with Crippen LogP contribution in [-0.4, -0.2) is 24.0 Å². The first-order valence-corrected chi connectivity index (χ1v) is 6.55. The molecule has 2 aliphatic carbocycles. The van der Waals surface area contributed by atoms with E-state index in [1.54, 1.807) is 0 Å². The lowest BCUT2D eigenvalue weighted by atomic mass is 9.87. The number of amides is 1. The smallest absolute Gasteiger partial charge is 0.237 e. The van der Waals surface area contributed by atoms with Crippen LogP contribution in [0.15, 0.2) is 0 Å². The third-order valence-corrected chi connectivity index (χ3v) is 4.03. The van der Waals surface area contributed by atoms with E-state index >= 15 is 0 Å². The van der Waals surface area contributed by atoms with Crippen LogP contribution in [0.5, 0.6) is 0 Å². The number of rotatable bonds is 4. The fourth-order valence-electron chi connectivity index (χ4n) is 2.57. The minimum atomic E-state index is -0.0528. The van der Waals surface area contributed by atoms with Crippen molar-refractivity contribution in [3.8, 4) is 0 Å². The second-order valence-electron chi connectivity index (χ2n) is 6.10. The molecule has 1 amide bonds. The van der Waals surface area contributed by atoms with Crippen molar-refractivity contribution >= 4 is 5.91 Å². The molecule has 0 bridgehead atoms. The van der Waals surface area contributed by atoms with Gasteiger partial charge in [-0.3, -0.25) is 4.79 Å². The molecule has 3 nitrogen and oxygen atoms in total. The molecule has 16 heavy (non-hydrogen) atoms. The Hall–Kier alpha value is -0.570. The van der Waals surface area contributed by atoms with Gasteiger partial charge in [0, 0.05) is 12.1 Å². The van der Waals surface area contributed by atoms with Crippen LogP contribution in [0.3, 0.4) is 0 Å². The Morgan fingerprint density at radius 1 is 1.31 bits per heavy atom. The number of carbonyl (C=O) groups excluding carboxylic acids is 1. The van der Waals surface area contributed by atoms with E-state index in [9.17, 15) is 4.79 Å². The zero-order valence-corrected chi connectivity index (χ0v) is 10.7. The zero-order chi connectivity index (χ0) is 11.8. The molecular weight excluding hydrogens is 200 g/mol. The third kappa shape index (κ3) is 2.76. The third-order valence-electron chi connectivity index (χ3n) is 4.03. The minimum absolute atomic E-state index is 0.0528. The SMILES string of the molecule is CC(NC1CCCC1(C)C)C(=O)NC1CC1. The predicted molar refractivity (Wildman–Crippen MR) is 65.2 cm³/mol. The molecule has 2 saturated carbocycles. The first-order chi connectivity index (χ1) is 7.49. The summed E-state index contributed by atoms with van der Waals surface area (Å²) in [5.41, 5.74) is 0.341. The molecule has 0 aromatic heterocycles. The first kappa shape index (κ1) is 11.9. The van der Waals surface area contributed by atoms with E-state index in [4.69, 9.17) is 0 Å². The van der Waals surface area contributed by atoms with Crippen LogP contribution < -0.4 is 10.6 Å². The van der Waals surface area contributed by atoms with Crippen LogP contribution in [-0.2, 0) is 4.79 Å². The summed E-state index contributed by atoms with van der Waals surface area (Å²) in [7, 11) is 0. The van der Waals surface area contributed by atoms with Crippen molar-refractivity contribution in [2.24, 2.45) is 5.41 Å². The van der Waals surface area contributed by atoms with E-state index in [2.05, 4.69) is 24.5 Å². The van der Waals surface area contributed by atoms with Crippen molar-refractivity contribution < 1.29 is 4.79 Å². The van der Waals surface area contributed by atoms with Crippen LogP contribution in [0.2, 0.25) is 0 Å². The molecular formula is C13H24N2O. The summed E-state index contributed by atoms with van der Waals surface area (Å²) >= 11 is 0. The number of nitrogens with one attached hydrogen (secondary N) is 2. The molecule has 92 valence electrons. The molecule has 2 unspecified atom stereocenters. The van der Waals surface area contributed by atoms with Crippen molar-refractivity contribution in [3.63, 3.8) is 0 Å². The van der Waals surface area contributed by atoms with Gasteiger partial charge in [-0.15, -0.1) is 0 Å². The van der Waals surface area contributed by atoms with E-state index < -0.39 is 0 Å². The normalized spacial score (nSPS) is 30.1. The van der Waals surface area contributed by atoms with Gasteiger partial charge in [-0.1, -0.05) is 20.3 Å². The van der Waals surface area contributed by atoms with E-state index in [-0.39, 0.29) is 11.9 Å². The van der Waals surface area contributed by atoms with Crippen molar-refractivity contribution in [1.82, 2.24) is 10.6 Å². The van der Waals surface area contributed by atoms with Crippen molar-refractivity contribution in [2.45, 2.75) is 71.0 Å². The van der Waals surface area contributed by atoms with Gasteiger partial charge in [0.1, 0.15) is 0 Å². The molecule has 0 spiro atoms. The molecule has 0 aliphatic heterocycles. The molecule has 2 aliphatic rings. The Kier molecular flexibility index (Phi) is 3.24. The monoisotopic (exact) mass is 224 g/mol. The zero-order valence-electron chi connectivity index (χ0n) is 10.7. The highest BCUT2D eigenvalue weighted by Crippen LogP contribution is 2.37. The number of hydrogen-bond acceptors (Lipinski definition) is 2. The highest BCUT2D eigenvalue weighted by Gasteiger charge is 2.36. The van der Waals surface area contributed by atoms with Crippen LogP contribution >= 0.6 is 0 Å². The topological polar surface area (TPSA) is 41.1 Å². The summed E-state index contributed by atoms with van der Waals surface area (Å²) in [4.78, 5) is 11.8. The van der Waals surface area contributed by atoms with Gasteiger partial charge in [-0.25, -0.2) is 0 Å². The maximum absolute atomic E-state index is 11.8. The molecule has 0 aromatic carbocycles. The standard InChI is InChI=1S/C13H24N2O/c1-9(12(16)15-10-6-7-10)14-11-5-4-8-13(11,2)3/h9-11,14H,4-8H2,1-3H3,(H,15,16). The van der Waals surface area contributed by atoms with Gasteiger partial charge >= 0.3 is 0 Å². The van der Waals surface area contributed by atoms with E-state index in [1.165, 1.54) is 19.3 Å². The molecule has 2 rings (SSSR count). The van der Waals surface area contributed by atoms with Gasteiger partial charge in [-0.2, -0.15) is 0 Å². The Morgan fingerprint density at radius 3 is 2.50 bits per heavy atom. The lowest BCUT2D eigenvalue weighted by molar-refractivity contribution is -0.123. The lowest BCUT2D eigenvalue weighted by Gasteiger charge is -2.30. The van der Waals surface area contributed by atoms with E-state index in [1.807, 2.05) is 6.92 Å². The molecule has 0 radical (unpaired) electrons. The molecule has 0 heterocycles. The maximum atomic E-state index is 11.8. The molecule has 2 N–H and O–H groups in total. The highest BCUT2D eigenvalue weighted by atomic mass is 16.2. The van der Waals surface area contributed by atoms with Crippen LogP contribution in [0.1, 0.15) is 52.9 Å². The van der Waals surface area contributed by atoms with Gasteiger partial charge in [0.05, 0.1) is 6.04 Å². The lowest BCUT2D eigenvalue weighted by Crippen LogP contribution is -2.50. The van der Waals surface area contributed by atoms with Crippen LogP contribution in [0.4, 0.5) is 0 Å². The van der Waals surface area contributed by atoms with Crippen molar-refractivity contribution in [2.75, 3.05) is 0 Å². The average molecular weight is 224 g/mol. The van der Waals surface area contributed by atoms with Gasteiger partial charge in [0.2, 0.25) is 5.91 Å². The Bertz CT molecular complexity index is 271. The summed E-state index contributed by atoms with van der Waals surface area (Å²) in [5.74, 6) is 0.171. The summed E-state index contributed by atoms with van der Waals surface area (Å²) < 4.78 is 0. The number of hydrogen-bond donors (Lipinski definition) is 2. The summed E-state index contributed by atoms with van der Waals surface area (Å²) in [6.45, 7) is 6.57. The molecule has 0 saturated heterocycles. The predicted octanol–water partition coefficient (Wildman–Crippen LogP) is 1.82. The quantitative estimate of drug-likeness (QED) is 0.765. The van der Waals surface area contributed by atoms with Crippen molar-refractivity contribution in [3.05, 3.63) is 0 Å². The second kappa shape index (κ2) is 4.36. The minimum Gasteiger partial charge on any atom is -0.352 e. The Labute approximate surface area is 98.4 Å². The molecule has 3 heteroatoms. The largest absolute Gasteiger partial charge is 0.352 e.